The summed E-state index contributed by atoms with van der Waals surface area (Å²) in [5.41, 5.74) is 12.6. The first-order chi connectivity index (χ1) is 22.3. The van der Waals surface area contributed by atoms with Crippen molar-refractivity contribution in [3.8, 4) is 33.8 Å². The summed E-state index contributed by atoms with van der Waals surface area (Å²) in [6.45, 7) is 0. The molecule has 1 unspecified atom stereocenters. The molecule has 0 saturated heterocycles. The standard InChI is InChI=1S/C42H35N3/c1-2-7-16-30(15-6-1)38-29-39(31-17-8-5-9-18-31)45-41(44-38)35-22-14-24-37-40(35)34-21-12-13-23-36(34)42(37,33-25-27-43-28-26-33)32-19-10-3-4-11-20-32/h1,5-9,12-19,21-29H,2-4,10-11,20H2. The summed E-state index contributed by atoms with van der Waals surface area (Å²) in [5.74, 6) is 0.751. The lowest BCUT2D eigenvalue weighted by molar-refractivity contribution is 0.656. The Morgan fingerprint density at radius 2 is 1.47 bits per heavy atom. The number of nitrogens with zero attached hydrogens (tertiary/aromatic N) is 3. The molecule has 2 heterocycles. The Balaban J connectivity index is 1.42. The third-order valence-corrected chi connectivity index (χ3v) is 9.52. The smallest absolute Gasteiger partial charge is 0.161 e. The van der Waals surface area contributed by atoms with Crippen molar-refractivity contribution in [1.82, 2.24) is 15.0 Å². The predicted octanol–water partition coefficient (Wildman–Crippen LogP) is 10.3. The van der Waals surface area contributed by atoms with Gasteiger partial charge in [0.25, 0.3) is 0 Å². The van der Waals surface area contributed by atoms with Gasteiger partial charge in [-0.2, -0.15) is 0 Å². The highest BCUT2D eigenvalue weighted by Crippen LogP contribution is 2.59. The maximum atomic E-state index is 5.30. The summed E-state index contributed by atoms with van der Waals surface area (Å²) in [7, 11) is 0. The third kappa shape index (κ3) is 4.71. The highest BCUT2D eigenvalue weighted by molar-refractivity contribution is 5.94. The first kappa shape index (κ1) is 27.4. The summed E-state index contributed by atoms with van der Waals surface area (Å²) in [6.07, 6.45) is 24.1. The van der Waals surface area contributed by atoms with E-state index in [1.165, 1.54) is 52.7 Å². The Labute approximate surface area is 265 Å². The molecule has 3 aliphatic rings. The second-order valence-corrected chi connectivity index (χ2v) is 12.1. The molecule has 218 valence electrons. The van der Waals surface area contributed by atoms with Crippen molar-refractivity contribution in [2.24, 2.45) is 0 Å². The van der Waals surface area contributed by atoms with Crippen molar-refractivity contribution in [3.05, 3.63) is 168 Å². The number of hydrogen-bond donors (Lipinski definition) is 0. The van der Waals surface area contributed by atoms with E-state index in [-0.39, 0.29) is 5.41 Å². The van der Waals surface area contributed by atoms with Gasteiger partial charge in [-0.3, -0.25) is 4.98 Å². The highest BCUT2D eigenvalue weighted by Gasteiger charge is 2.48. The minimum atomic E-state index is -0.383. The average molecular weight is 582 g/mol. The summed E-state index contributed by atoms with van der Waals surface area (Å²) in [5, 5.41) is 0. The molecule has 0 radical (unpaired) electrons. The van der Waals surface area contributed by atoms with Crippen LogP contribution in [0.2, 0.25) is 0 Å². The van der Waals surface area contributed by atoms with E-state index >= 15 is 0 Å². The van der Waals surface area contributed by atoms with Gasteiger partial charge < -0.3 is 0 Å². The molecule has 0 N–H and O–H groups in total. The van der Waals surface area contributed by atoms with E-state index in [0.717, 1.165) is 53.2 Å². The van der Waals surface area contributed by atoms with E-state index in [0.29, 0.717) is 0 Å². The Hall–Kier alpha value is -5.15. The van der Waals surface area contributed by atoms with Crippen molar-refractivity contribution in [1.29, 1.82) is 0 Å². The molecule has 3 nitrogen and oxygen atoms in total. The zero-order chi connectivity index (χ0) is 30.1. The van der Waals surface area contributed by atoms with Gasteiger partial charge in [0.15, 0.2) is 5.82 Å². The van der Waals surface area contributed by atoms with Crippen molar-refractivity contribution in [3.63, 3.8) is 0 Å². The Bertz CT molecular complexity index is 2000. The molecule has 8 rings (SSSR count). The fraction of sp³-hybridized carbons (Fsp3) is 0.167. The maximum absolute atomic E-state index is 5.30. The van der Waals surface area contributed by atoms with Crippen LogP contribution >= 0.6 is 0 Å². The van der Waals surface area contributed by atoms with Crippen molar-refractivity contribution >= 4 is 5.57 Å². The molecule has 5 aromatic rings. The van der Waals surface area contributed by atoms with Gasteiger partial charge in [0.05, 0.1) is 16.8 Å². The van der Waals surface area contributed by atoms with Crippen molar-refractivity contribution in [2.45, 2.75) is 43.9 Å². The van der Waals surface area contributed by atoms with Crippen LogP contribution in [0.3, 0.4) is 0 Å². The number of allylic oxidation sites excluding steroid dienone is 8. The summed E-state index contributed by atoms with van der Waals surface area (Å²) in [4.78, 5) is 15.0. The molecular formula is C42H35N3. The fourth-order valence-corrected chi connectivity index (χ4v) is 7.54. The highest BCUT2D eigenvalue weighted by atomic mass is 14.9. The lowest BCUT2D eigenvalue weighted by atomic mass is 9.66. The topological polar surface area (TPSA) is 38.7 Å². The molecule has 0 fully saturated rings. The van der Waals surface area contributed by atoms with Crippen LogP contribution in [0.4, 0.5) is 0 Å². The Morgan fingerprint density at radius 1 is 0.667 bits per heavy atom. The second-order valence-electron chi connectivity index (χ2n) is 12.1. The van der Waals surface area contributed by atoms with E-state index in [2.05, 4.69) is 132 Å². The molecule has 3 aliphatic carbocycles. The van der Waals surface area contributed by atoms with E-state index < -0.39 is 0 Å². The molecule has 3 heteroatoms. The molecule has 0 spiro atoms. The molecule has 2 aromatic heterocycles. The number of hydrogen-bond acceptors (Lipinski definition) is 3. The molecule has 0 amide bonds. The first-order valence-electron chi connectivity index (χ1n) is 16.2. The zero-order valence-electron chi connectivity index (χ0n) is 25.4. The van der Waals surface area contributed by atoms with Crippen LogP contribution in [-0.4, -0.2) is 15.0 Å². The van der Waals surface area contributed by atoms with Gasteiger partial charge in [0.1, 0.15) is 0 Å². The van der Waals surface area contributed by atoms with E-state index in [1.54, 1.807) is 0 Å². The maximum Gasteiger partial charge on any atom is 0.161 e. The first-order valence-corrected chi connectivity index (χ1v) is 16.2. The van der Waals surface area contributed by atoms with Crippen LogP contribution in [0.5, 0.6) is 0 Å². The summed E-state index contributed by atoms with van der Waals surface area (Å²) >= 11 is 0. The molecule has 45 heavy (non-hydrogen) atoms. The minimum Gasteiger partial charge on any atom is -0.265 e. The van der Waals surface area contributed by atoms with Crippen molar-refractivity contribution < 1.29 is 0 Å². The van der Waals surface area contributed by atoms with Gasteiger partial charge in [0, 0.05) is 23.5 Å². The van der Waals surface area contributed by atoms with Crippen LogP contribution in [0.25, 0.3) is 39.3 Å². The summed E-state index contributed by atoms with van der Waals surface area (Å²) < 4.78 is 0. The summed E-state index contributed by atoms with van der Waals surface area (Å²) in [6, 6.07) is 32.8. The predicted molar refractivity (Wildman–Crippen MR) is 185 cm³/mol. The number of benzene rings is 3. The van der Waals surface area contributed by atoms with Gasteiger partial charge in [-0.1, -0.05) is 121 Å². The minimum absolute atomic E-state index is 0.383. The normalized spacial score (nSPS) is 18.8. The van der Waals surface area contributed by atoms with Crippen LogP contribution in [-0.2, 0) is 5.41 Å². The van der Waals surface area contributed by atoms with Gasteiger partial charge >= 0.3 is 0 Å². The van der Waals surface area contributed by atoms with E-state index in [9.17, 15) is 0 Å². The lowest BCUT2D eigenvalue weighted by Crippen LogP contribution is -2.29. The molecule has 3 aromatic carbocycles. The van der Waals surface area contributed by atoms with Gasteiger partial charge in [0.2, 0.25) is 0 Å². The van der Waals surface area contributed by atoms with E-state index in [1.807, 2.05) is 12.4 Å². The van der Waals surface area contributed by atoms with Gasteiger partial charge in [-0.25, -0.2) is 9.97 Å². The van der Waals surface area contributed by atoms with Crippen LogP contribution in [0, 0.1) is 0 Å². The molecule has 0 aliphatic heterocycles. The zero-order valence-corrected chi connectivity index (χ0v) is 25.4. The van der Waals surface area contributed by atoms with Crippen LogP contribution in [0.1, 0.15) is 60.9 Å². The number of rotatable bonds is 5. The van der Waals surface area contributed by atoms with Gasteiger partial charge in [-0.05, 0) is 83.7 Å². The number of aromatic nitrogens is 3. The number of pyridine rings is 1. The fourth-order valence-electron chi connectivity index (χ4n) is 7.54. The molecule has 0 bridgehead atoms. The molecule has 1 atom stereocenters. The Morgan fingerprint density at radius 3 is 2.38 bits per heavy atom. The van der Waals surface area contributed by atoms with Crippen LogP contribution in [0.15, 0.2) is 145 Å². The Kier molecular flexibility index (Phi) is 7.15. The molecular weight excluding hydrogens is 546 g/mol. The quantitative estimate of drug-likeness (QED) is 0.194. The van der Waals surface area contributed by atoms with Crippen LogP contribution < -0.4 is 0 Å². The average Bonchev–Trinajstić information content (AvgIpc) is 3.39. The number of fused-ring (bicyclic) bond motifs is 3. The SMILES string of the molecule is C1=CCC=CC(c2cc(-c3ccccc3)nc(-c3cccc4c3-c3ccccc3C4(C3=CCCCCC3)c3ccncc3)n2)=C1. The molecule has 0 saturated carbocycles. The van der Waals surface area contributed by atoms with E-state index in [4.69, 9.17) is 9.97 Å². The second kappa shape index (κ2) is 11.7. The lowest BCUT2D eigenvalue weighted by Gasteiger charge is -2.36. The van der Waals surface area contributed by atoms with Gasteiger partial charge in [-0.15, -0.1) is 0 Å². The van der Waals surface area contributed by atoms with Crippen molar-refractivity contribution in [2.75, 3.05) is 0 Å². The largest absolute Gasteiger partial charge is 0.265 e. The third-order valence-electron chi connectivity index (χ3n) is 9.52. The monoisotopic (exact) mass is 581 g/mol.